The number of carbonyl (C=O) groups excluding carboxylic acids is 1. The van der Waals surface area contributed by atoms with Crippen molar-refractivity contribution in [3.05, 3.63) is 59.2 Å². The molecule has 1 nitrogen and oxygen atoms in total. The molecule has 2 aliphatic rings. The van der Waals surface area contributed by atoms with Gasteiger partial charge in [-0.1, -0.05) is 42.5 Å². The van der Waals surface area contributed by atoms with Gasteiger partial charge >= 0.3 is 0 Å². The molecule has 0 saturated carbocycles. The molecule has 1 atom stereocenters. The molecule has 0 aliphatic heterocycles. The molecule has 0 bridgehead atoms. The molecule has 1 unspecified atom stereocenters. The molecule has 0 amide bonds. The van der Waals surface area contributed by atoms with Crippen LogP contribution in [0.3, 0.4) is 0 Å². The molecule has 0 aromatic heterocycles. The molecule has 80 valence electrons. The number of hydrogen-bond acceptors (Lipinski definition) is 1. The topological polar surface area (TPSA) is 17.1 Å². The van der Waals surface area contributed by atoms with Crippen molar-refractivity contribution in [1.29, 1.82) is 0 Å². The van der Waals surface area contributed by atoms with Gasteiger partial charge in [-0.05, 0) is 39.1 Å². The van der Waals surface area contributed by atoms with Gasteiger partial charge in [0.2, 0.25) is 0 Å². The lowest BCUT2D eigenvalue weighted by molar-refractivity contribution is -0.108. The van der Waals surface area contributed by atoms with Crippen molar-refractivity contribution < 1.29 is 4.79 Å². The molecule has 2 aromatic carbocycles. The van der Waals surface area contributed by atoms with Crippen LogP contribution in [0.2, 0.25) is 0 Å². The van der Waals surface area contributed by atoms with Gasteiger partial charge in [0.15, 0.2) is 0 Å². The van der Waals surface area contributed by atoms with Crippen molar-refractivity contribution in [1.82, 2.24) is 0 Å². The summed E-state index contributed by atoms with van der Waals surface area (Å²) in [6.07, 6.45) is 7.28. The summed E-state index contributed by atoms with van der Waals surface area (Å²) >= 11 is 0. The molecule has 0 saturated heterocycles. The Bertz CT molecular complexity index is 720. The number of rotatable bonds is 1. The monoisotopic (exact) mass is 218 g/mol. The fraction of sp³-hybridized carbons (Fsp3) is 0.0625. The lowest BCUT2D eigenvalue weighted by Crippen LogP contribution is -2.04. The highest BCUT2D eigenvalue weighted by Crippen LogP contribution is 2.44. The Labute approximate surface area is 99.1 Å². The zero-order valence-corrected chi connectivity index (χ0v) is 9.18. The third-order valence-electron chi connectivity index (χ3n) is 3.70. The minimum Gasteiger partial charge on any atom is -0.302 e. The highest BCUT2D eigenvalue weighted by molar-refractivity contribution is 6.13. The van der Waals surface area contributed by atoms with Gasteiger partial charge in [-0.3, -0.25) is 0 Å². The van der Waals surface area contributed by atoms with Crippen LogP contribution in [-0.4, -0.2) is 6.29 Å². The van der Waals surface area contributed by atoms with E-state index in [4.69, 9.17) is 0 Å². The molecule has 2 aliphatic carbocycles. The fourth-order valence-electron chi connectivity index (χ4n) is 2.93. The van der Waals surface area contributed by atoms with Crippen molar-refractivity contribution >= 4 is 28.7 Å². The Morgan fingerprint density at radius 2 is 2.06 bits per heavy atom. The lowest BCUT2D eigenvalue weighted by atomic mass is 9.85. The molecule has 1 heteroatoms. The van der Waals surface area contributed by atoms with Gasteiger partial charge in [0.1, 0.15) is 6.29 Å². The van der Waals surface area contributed by atoms with Gasteiger partial charge in [0.25, 0.3) is 0 Å². The second-order valence-corrected chi connectivity index (χ2v) is 4.60. The Balaban J connectivity index is 2.21. The summed E-state index contributed by atoms with van der Waals surface area (Å²) in [7, 11) is 0. The second kappa shape index (κ2) is 2.95. The first-order chi connectivity index (χ1) is 8.38. The zero-order chi connectivity index (χ0) is 11.4. The molecule has 2 aromatic rings. The molecular formula is C16H10O. The van der Waals surface area contributed by atoms with Crippen LogP contribution in [0.1, 0.15) is 22.6 Å². The minimum absolute atomic E-state index is 0.0855. The molecular weight excluding hydrogens is 208 g/mol. The lowest BCUT2D eigenvalue weighted by Gasteiger charge is -2.18. The van der Waals surface area contributed by atoms with Crippen LogP contribution in [0.5, 0.6) is 0 Å². The van der Waals surface area contributed by atoms with Crippen LogP contribution in [-0.2, 0) is 4.79 Å². The smallest absolute Gasteiger partial charge is 0.131 e. The normalized spacial score (nSPS) is 19.5. The highest BCUT2D eigenvalue weighted by atomic mass is 16.1. The van der Waals surface area contributed by atoms with Gasteiger partial charge in [-0.2, -0.15) is 0 Å². The number of hydrogen-bond donors (Lipinski definition) is 0. The molecule has 17 heavy (non-hydrogen) atoms. The van der Waals surface area contributed by atoms with E-state index in [0.717, 1.165) is 11.8 Å². The van der Waals surface area contributed by atoms with Crippen LogP contribution in [0.4, 0.5) is 0 Å². The summed E-state index contributed by atoms with van der Waals surface area (Å²) < 4.78 is 0. The SMILES string of the molecule is O=CC1C=CC2=Cc3cccc4ccc1c2c34. The Hall–Kier alpha value is -2.15. The molecule has 0 heterocycles. The number of benzene rings is 2. The van der Waals surface area contributed by atoms with E-state index in [9.17, 15) is 4.79 Å². The first kappa shape index (κ1) is 8.94. The standard InChI is InChI=1S/C16H10O/c17-9-13-5-4-12-8-11-3-1-2-10-6-7-14(13)16(12)15(10)11/h1-9,13H. The third kappa shape index (κ3) is 1.01. The van der Waals surface area contributed by atoms with Crippen LogP contribution < -0.4 is 0 Å². The maximum Gasteiger partial charge on any atom is 0.131 e. The summed E-state index contributed by atoms with van der Waals surface area (Å²) in [5, 5.41) is 2.56. The predicted molar refractivity (Wildman–Crippen MR) is 69.8 cm³/mol. The Morgan fingerprint density at radius 1 is 1.12 bits per heavy atom. The van der Waals surface area contributed by atoms with Crippen molar-refractivity contribution in [2.24, 2.45) is 0 Å². The number of allylic oxidation sites excluding steroid dienone is 3. The van der Waals surface area contributed by atoms with Gasteiger partial charge in [-0.15, -0.1) is 0 Å². The van der Waals surface area contributed by atoms with Crippen molar-refractivity contribution in [2.45, 2.75) is 5.92 Å². The molecule has 0 radical (unpaired) electrons. The fourth-order valence-corrected chi connectivity index (χ4v) is 2.93. The van der Waals surface area contributed by atoms with Gasteiger partial charge in [0, 0.05) is 0 Å². The van der Waals surface area contributed by atoms with Crippen LogP contribution in [0.25, 0.3) is 22.4 Å². The number of carbonyl (C=O) groups is 1. The summed E-state index contributed by atoms with van der Waals surface area (Å²) in [5.41, 5.74) is 4.92. The van der Waals surface area contributed by atoms with Crippen molar-refractivity contribution in [3.63, 3.8) is 0 Å². The van der Waals surface area contributed by atoms with Crippen LogP contribution in [0, 0.1) is 0 Å². The first-order valence-electron chi connectivity index (χ1n) is 5.80. The molecule has 0 N–H and O–H groups in total. The largest absolute Gasteiger partial charge is 0.302 e. The average Bonchev–Trinajstić information content (AvgIpc) is 2.76. The van der Waals surface area contributed by atoms with Crippen LogP contribution >= 0.6 is 0 Å². The first-order valence-corrected chi connectivity index (χ1v) is 5.80. The zero-order valence-electron chi connectivity index (χ0n) is 9.18. The Kier molecular flexibility index (Phi) is 1.55. The van der Waals surface area contributed by atoms with E-state index >= 15 is 0 Å². The maximum atomic E-state index is 11.1. The second-order valence-electron chi connectivity index (χ2n) is 4.60. The van der Waals surface area contributed by atoms with E-state index in [1.54, 1.807) is 0 Å². The Morgan fingerprint density at radius 3 is 2.94 bits per heavy atom. The van der Waals surface area contributed by atoms with E-state index in [0.29, 0.717) is 0 Å². The van der Waals surface area contributed by atoms with E-state index < -0.39 is 0 Å². The van der Waals surface area contributed by atoms with Crippen molar-refractivity contribution in [3.8, 4) is 0 Å². The number of aldehydes is 1. The molecule has 0 spiro atoms. The van der Waals surface area contributed by atoms with E-state index in [2.05, 4.69) is 42.5 Å². The summed E-state index contributed by atoms with van der Waals surface area (Å²) in [5.74, 6) is -0.0855. The average molecular weight is 218 g/mol. The van der Waals surface area contributed by atoms with E-state index in [1.165, 1.54) is 27.5 Å². The van der Waals surface area contributed by atoms with Gasteiger partial charge in [-0.25, -0.2) is 0 Å². The summed E-state index contributed by atoms with van der Waals surface area (Å²) in [6, 6.07) is 10.6. The highest BCUT2D eigenvalue weighted by Gasteiger charge is 2.24. The predicted octanol–water partition coefficient (Wildman–Crippen LogP) is 3.55. The molecule has 4 rings (SSSR count). The van der Waals surface area contributed by atoms with Crippen molar-refractivity contribution in [2.75, 3.05) is 0 Å². The maximum absolute atomic E-state index is 11.1. The van der Waals surface area contributed by atoms with Gasteiger partial charge in [0.05, 0.1) is 5.92 Å². The van der Waals surface area contributed by atoms with Crippen LogP contribution in [0.15, 0.2) is 42.5 Å². The van der Waals surface area contributed by atoms with E-state index in [1.807, 2.05) is 6.08 Å². The summed E-state index contributed by atoms with van der Waals surface area (Å²) in [6.45, 7) is 0. The molecule has 0 fully saturated rings. The minimum atomic E-state index is -0.0855. The summed E-state index contributed by atoms with van der Waals surface area (Å²) in [4.78, 5) is 11.1. The third-order valence-corrected chi connectivity index (χ3v) is 3.70. The quantitative estimate of drug-likeness (QED) is 0.669. The van der Waals surface area contributed by atoms with E-state index in [-0.39, 0.29) is 5.92 Å². The van der Waals surface area contributed by atoms with Gasteiger partial charge < -0.3 is 4.79 Å².